The number of hydrogen-bond donors (Lipinski definition) is 0. The third-order valence-corrected chi connectivity index (χ3v) is 3.35. The number of benzene rings is 1. The molecular formula is C15H21NO4. The molecule has 1 aliphatic heterocycles. The smallest absolute Gasteiger partial charge is 0.261 e. The minimum Gasteiger partial charge on any atom is -0.496 e. The van der Waals surface area contributed by atoms with E-state index in [0.29, 0.717) is 30.2 Å². The zero-order valence-electron chi connectivity index (χ0n) is 12.4. The molecule has 110 valence electrons. The number of hydrogen-bond acceptors (Lipinski definition) is 4. The van der Waals surface area contributed by atoms with Gasteiger partial charge in [0, 0.05) is 13.1 Å². The first-order valence-corrected chi connectivity index (χ1v) is 6.72. The van der Waals surface area contributed by atoms with Gasteiger partial charge in [0.2, 0.25) is 0 Å². The van der Waals surface area contributed by atoms with Crippen molar-refractivity contribution < 1.29 is 19.0 Å². The largest absolute Gasteiger partial charge is 0.496 e. The summed E-state index contributed by atoms with van der Waals surface area (Å²) in [4.78, 5) is 14.6. The molecule has 0 radical (unpaired) electrons. The van der Waals surface area contributed by atoms with Gasteiger partial charge in [-0.25, -0.2) is 0 Å². The summed E-state index contributed by atoms with van der Waals surface area (Å²) >= 11 is 0. The zero-order chi connectivity index (χ0) is 14.7. The van der Waals surface area contributed by atoms with Crippen LogP contribution in [0.4, 0.5) is 0 Å². The average molecular weight is 279 g/mol. The minimum absolute atomic E-state index is 0.0309. The average Bonchev–Trinajstić information content (AvgIpc) is 2.44. The van der Waals surface area contributed by atoms with Crippen LogP contribution in [-0.2, 0) is 4.74 Å². The molecule has 2 atom stereocenters. The van der Waals surface area contributed by atoms with Crippen LogP contribution < -0.4 is 9.47 Å². The highest BCUT2D eigenvalue weighted by Crippen LogP contribution is 2.30. The molecule has 1 aliphatic rings. The summed E-state index contributed by atoms with van der Waals surface area (Å²) in [6, 6.07) is 5.34. The van der Waals surface area contributed by atoms with Crippen LogP contribution in [0.3, 0.4) is 0 Å². The maximum Gasteiger partial charge on any atom is 0.261 e. The summed E-state index contributed by atoms with van der Waals surface area (Å²) in [5, 5.41) is 0. The molecule has 2 rings (SSSR count). The van der Waals surface area contributed by atoms with E-state index >= 15 is 0 Å². The molecule has 0 aliphatic carbocycles. The van der Waals surface area contributed by atoms with Crippen molar-refractivity contribution in [2.75, 3.05) is 27.3 Å². The SMILES string of the molecule is COc1cccc(OC)c1C(=O)N1C[C@H](C)O[C@@H](C)C1. The number of ether oxygens (including phenoxy) is 3. The quantitative estimate of drug-likeness (QED) is 0.848. The summed E-state index contributed by atoms with van der Waals surface area (Å²) in [6.07, 6.45) is 0.0619. The molecule has 20 heavy (non-hydrogen) atoms. The van der Waals surface area contributed by atoms with Crippen molar-refractivity contribution in [1.29, 1.82) is 0 Å². The van der Waals surface area contributed by atoms with Crippen molar-refractivity contribution in [3.63, 3.8) is 0 Å². The Kier molecular flexibility index (Phi) is 4.49. The molecule has 1 heterocycles. The Morgan fingerprint density at radius 2 is 1.65 bits per heavy atom. The highest BCUT2D eigenvalue weighted by atomic mass is 16.5. The predicted molar refractivity (Wildman–Crippen MR) is 75.5 cm³/mol. The fourth-order valence-corrected chi connectivity index (χ4v) is 2.56. The van der Waals surface area contributed by atoms with Crippen LogP contribution in [0.15, 0.2) is 18.2 Å². The van der Waals surface area contributed by atoms with E-state index in [1.807, 2.05) is 13.8 Å². The molecule has 1 aromatic rings. The third-order valence-electron chi connectivity index (χ3n) is 3.35. The van der Waals surface area contributed by atoms with Gasteiger partial charge in [0.25, 0.3) is 5.91 Å². The number of methoxy groups -OCH3 is 2. The van der Waals surface area contributed by atoms with Gasteiger partial charge in [-0.05, 0) is 26.0 Å². The molecule has 1 saturated heterocycles. The molecule has 5 nitrogen and oxygen atoms in total. The van der Waals surface area contributed by atoms with Gasteiger partial charge >= 0.3 is 0 Å². The van der Waals surface area contributed by atoms with Crippen LogP contribution in [0.2, 0.25) is 0 Å². The highest BCUT2D eigenvalue weighted by molar-refractivity contribution is 5.99. The van der Waals surface area contributed by atoms with Crippen LogP contribution in [0.1, 0.15) is 24.2 Å². The van der Waals surface area contributed by atoms with E-state index in [-0.39, 0.29) is 18.1 Å². The van der Waals surface area contributed by atoms with Gasteiger partial charge < -0.3 is 19.1 Å². The Bertz CT molecular complexity index is 457. The second-order valence-electron chi connectivity index (χ2n) is 5.00. The molecule has 0 unspecified atom stereocenters. The summed E-state index contributed by atoms with van der Waals surface area (Å²) in [6.45, 7) is 5.08. The van der Waals surface area contributed by atoms with E-state index in [4.69, 9.17) is 14.2 Å². The summed E-state index contributed by atoms with van der Waals surface area (Å²) in [5.41, 5.74) is 0.471. The number of carbonyl (C=O) groups is 1. The molecule has 0 aromatic heterocycles. The Morgan fingerprint density at radius 1 is 1.15 bits per heavy atom. The first kappa shape index (κ1) is 14.7. The van der Waals surface area contributed by atoms with Crippen molar-refractivity contribution in [3.05, 3.63) is 23.8 Å². The molecule has 1 aromatic carbocycles. The Morgan fingerprint density at radius 3 is 2.10 bits per heavy atom. The van der Waals surface area contributed by atoms with E-state index < -0.39 is 0 Å². The van der Waals surface area contributed by atoms with Crippen molar-refractivity contribution in [2.45, 2.75) is 26.1 Å². The third kappa shape index (κ3) is 2.88. The molecule has 5 heteroatoms. The minimum atomic E-state index is -0.0821. The van der Waals surface area contributed by atoms with E-state index in [2.05, 4.69) is 0 Å². The van der Waals surface area contributed by atoms with Gasteiger partial charge in [0.1, 0.15) is 17.1 Å². The lowest BCUT2D eigenvalue weighted by Gasteiger charge is -2.35. The predicted octanol–water partition coefficient (Wildman–Crippen LogP) is 1.95. The van der Waals surface area contributed by atoms with Gasteiger partial charge in [0.05, 0.1) is 26.4 Å². The standard InChI is InChI=1S/C15H21NO4/c1-10-8-16(9-11(2)20-10)15(17)14-12(18-3)6-5-7-13(14)19-4/h5-7,10-11H,8-9H2,1-4H3/t10-,11-/m0/s1. The maximum atomic E-state index is 12.8. The number of amides is 1. The molecular weight excluding hydrogens is 258 g/mol. The molecule has 0 N–H and O–H groups in total. The Labute approximate surface area is 119 Å². The van der Waals surface area contributed by atoms with Crippen LogP contribution >= 0.6 is 0 Å². The topological polar surface area (TPSA) is 48.0 Å². The number of nitrogens with zero attached hydrogens (tertiary/aromatic N) is 1. The van der Waals surface area contributed by atoms with E-state index in [1.54, 1.807) is 37.3 Å². The van der Waals surface area contributed by atoms with Gasteiger partial charge in [-0.1, -0.05) is 6.07 Å². The first-order chi connectivity index (χ1) is 9.56. The zero-order valence-corrected chi connectivity index (χ0v) is 12.4. The Balaban J connectivity index is 2.32. The fraction of sp³-hybridized carbons (Fsp3) is 0.533. The normalized spacial score (nSPS) is 22.5. The van der Waals surface area contributed by atoms with E-state index in [0.717, 1.165) is 0 Å². The lowest BCUT2D eigenvalue weighted by atomic mass is 10.1. The summed E-state index contributed by atoms with van der Waals surface area (Å²) in [5.74, 6) is 0.976. The fourth-order valence-electron chi connectivity index (χ4n) is 2.56. The number of morpholine rings is 1. The second kappa shape index (κ2) is 6.13. The molecule has 1 amide bonds. The first-order valence-electron chi connectivity index (χ1n) is 6.72. The molecule has 0 spiro atoms. The van der Waals surface area contributed by atoms with Gasteiger partial charge in [-0.3, -0.25) is 4.79 Å². The molecule has 0 bridgehead atoms. The Hall–Kier alpha value is -1.75. The van der Waals surface area contributed by atoms with Crippen molar-refractivity contribution in [3.8, 4) is 11.5 Å². The van der Waals surface area contributed by atoms with Gasteiger partial charge in [0.15, 0.2) is 0 Å². The van der Waals surface area contributed by atoms with Gasteiger partial charge in [-0.15, -0.1) is 0 Å². The highest BCUT2D eigenvalue weighted by Gasteiger charge is 2.30. The van der Waals surface area contributed by atoms with Crippen molar-refractivity contribution in [2.24, 2.45) is 0 Å². The molecule has 1 fully saturated rings. The van der Waals surface area contributed by atoms with Crippen LogP contribution in [0.5, 0.6) is 11.5 Å². The van der Waals surface area contributed by atoms with E-state index in [1.165, 1.54) is 0 Å². The second-order valence-corrected chi connectivity index (χ2v) is 5.00. The van der Waals surface area contributed by atoms with Crippen LogP contribution in [0.25, 0.3) is 0 Å². The lowest BCUT2D eigenvalue weighted by molar-refractivity contribution is -0.0587. The monoisotopic (exact) mass is 279 g/mol. The molecule has 0 saturated carbocycles. The lowest BCUT2D eigenvalue weighted by Crippen LogP contribution is -2.48. The summed E-state index contributed by atoms with van der Waals surface area (Å²) in [7, 11) is 3.10. The van der Waals surface area contributed by atoms with Crippen molar-refractivity contribution >= 4 is 5.91 Å². The number of carbonyl (C=O) groups excluding carboxylic acids is 1. The van der Waals surface area contributed by atoms with E-state index in [9.17, 15) is 4.79 Å². The summed E-state index contributed by atoms with van der Waals surface area (Å²) < 4.78 is 16.2. The number of rotatable bonds is 3. The van der Waals surface area contributed by atoms with Crippen LogP contribution in [0, 0.1) is 0 Å². The maximum absolute atomic E-state index is 12.8. The van der Waals surface area contributed by atoms with Crippen molar-refractivity contribution in [1.82, 2.24) is 4.90 Å². The van der Waals surface area contributed by atoms with Crippen LogP contribution in [-0.4, -0.2) is 50.3 Å². The van der Waals surface area contributed by atoms with Gasteiger partial charge in [-0.2, -0.15) is 0 Å².